The van der Waals surface area contributed by atoms with Crippen molar-refractivity contribution in [2.24, 2.45) is 16.6 Å². The van der Waals surface area contributed by atoms with Crippen LogP contribution in [0.5, 0.6) is 0 Å². The van der Waals surface area contributed by atoms with Gasteiger partial charge in [0.25, 0.3) is 6.02 Å². The van der Waals surface area contributed by atoms with Crippen molar-refractivity contribution in [1.29, 1.82) is 5.26 Å². The maximum absolute atomic E-state index is 14.7. The molecule has 0 unspecified atom stereocenters. The predicted octanol–water partition coefficient (Wildman–Crippen LogP) is 2.08. The fourth-order valence-electron chi connectivity index (χ4n) is 3.53. The Bertz CT molecular complexity index is 1080. The van der Waals surface area contributed by atoms with E-state index in [1.54, 1.807) is 6.07 Å². The van der Waals surface area contributed by atoms with Gasteiger partial charge in [-0.1, -0.05) is 12.0 Å². The van der Waals surface area contributed by atoms with E-state index in [2.05, 4.69) is 15.9 Å². The minimum atomic E-state index is -1.23. The van der Waals surface area contributed by atoms with E-state index in [1.807, 2.05) is 6.07 Å². The summed E-state index contributed by atoms with van der Waals surface area (Å²) in [5.74, 6) is 1.70. The van der Waals surface area contributed by atoms with Gasteiger partial charge in [0.05, 0.1) is 5.56 Å². The average Bonchev–Trinajstić information content (AvgIpc) is 3.48. The third-order valence-corrected chi connectivity index (χ3v) is 5.03. The summed E-state index contributed by atoms with van der Waals surface area (Å²) in [5.41, 5.74) is 5.89. The van der Waals surface area contributed by atoms with E-state index in [-0.39, 0.29) is 41.5 Å². The Hall–Kier alpha value is -3.71. The number of amidine groups is 1. The maximum Gasteiger partial charge on any atom is 0.284 e. The van der Waals surface area contributed by atoms with E-state index in [4.69, 9.17) is 22.2 Å². The van der Waals surface area contributed by atoms with Crippen molar-refractivity contribution in [3.63, 3.8) is 0 Å². The number of aromatic nitrogens is 1. The van der Waals surface area contributed by atoms with Crippen molar-refractivity contribution < 1.29 is 13.9 Å². The van der Waals surface area contributed by atoms with E-state index >= 15 is 0 Å². The Morgan fingerprint density at radius 2 is 2.25 bits per heavy atom. The zero-order chi connectivity index (χ0) is 19.9. The topological polar surface area (TPSA) is 101 Å². The normalized spacial score (nSPS) is 24.8. The van der Waals surface area contributed by atoms with Crippen LogP contribution in [-0.4, -0.2) is 22.9 Å². The van der Waals surface area contributed by atoms with Crippen LogP contribution < -0.4 is 5.73 Å². The molecule has 28 heavy (non-hydrogen) atoms. The zero-order valence-corrected chi connectivity index (χ0v) is 14.7. The minimum Gasteiger partial charge on any atom is -0.462 e. The van der Waals surface area contributed by atoms with Crippen molar-refractivity contribution in [2.45, 2.75) is 24.5 Å². The number of halogens is 1. The summed E-state index contributed by atoms with van der Waals surface area (Å²) < 4.78 is 20.0. The lowest BCUT2D eigenvalue weighted by atomic mass is 9.84. The fraction of sp³-hybridized carbons (Fsp3) is 0.238. The summed E-state index contributed by atoms with van der Waals surface area (Å²) in [6, 6.07) is 9.28. The molecule has 2 aliphatic rings. The molecule has 0 bridgehead atoms. The molecule has 1 aliphatic heterocycles. The van der Waals surface area contributed by atoms with E-state index in [1.165, 1.54) is 30.5 Å². The third kappa shape index (κ3) is 2.87. The molecule has 4 rings (SSSR count). The lowest BCUT2D eigenvalue weighted by Gasteiger charge is -2.29. The molecule has 2 N–H and O–H groups in total. The summed E-state index contributed by atoms with van der Waals surface area (Å²) in [7, 11) is 0. The summed E-state index contributed by atoms with van der Waals surface area (Å²) in [4.78, 5) is 20.8. The Kier molecular flexibility index (Phi) is 4.09. The summed E-state index contributed by atoms with van der Waals surface area (Å²) >= 11 is 0. The second kappa shape index (κ2) is 6.47. The Labute approximate surface area is 160 Å². The molecule has 1 aliphatic carbocycles. The van der Waals surface area contributed by atoms with Gasteiger partial charge in [0.2, 0.25) is 0 Å². The Balaban J connectivity index is 1.66. The van der Waals surface area contributed by atoms with Gasteiger partial charge in [0.1, 0.15) is 23.7 Å². The number of carbonyl (C=O) groups excluding carboxylic acids is 1. The third-order valence-electron chi connectivity index (χ3n) is 5.03. The first-order chi connectivity index (χ1) is 13.5. The number of hydrogen-bond donors (Lipinski definition) is 1. The molecule has 0 amide bonds. The van der Waals surface area contributed by atoms with Gasteiger partial charge in [-0.3, -0.25) is 9.78 Å². The van der Waals surface area contributed by atoms with Gasteiger partial charge in [0.15, 0.2) is 11.3 Å². The van der Waals surface area contributed by atoms with Crippen molar-refractivity contribution in [3.05, 3.63) is 64.7 Å². The van der Waals surface area contributed by atoms with Crippen LogP contribution in [0.2, 0.25) is 0 Å². The second-order valence-electron chi connectivity index (χ2n) is 6.82. The number of ether oxygens (including phenoxy) is 1. The predicted molar refractivity (Wildman–Crippen MR) is 98.5 cm³/mol. The number of nitrogens with zero attached hydrogens (tertiary/aromatic N) is 3. The van der Waals surface area contributed by atoms with E-state index < -0.39 is 11.4 Å². The molecule has 1 aromatic heterocycles. The molecule has 2 aromatic rings. The van der Waals surface area contributed by atoms with Crippen LogP contribution in [0.15, 0.2) is 41.5 Å². The molecule has 2 heterocycles. The van der Waals surface area contributed by atoms with Gasteiger partial charge in [-0.2, -0.15) is 5.26 Å². The van der Waals surface area contributed by atoms with Gasteiger partial charge < -0.3 is 10.5 Å². The summed E-state index contributed by atoms with van der Waals surface area (Å²) in [6.07, 6.45) is 7.58. The Morgan fingerprint density at radius 3 is 2.93 bits per heavy atom. The molecular formula is C21H15FN4O2. The molecule has 138 valence electrons. The monoisotopic (exact) mass is 374 g/mol. The van der Waals surface area contributed by atoms with Crippen LogP contribution in [-0.2, 0) is 16.7 Å². The standard InChI is InChI=1S/C21H15FN4O2/c1-2-21(15-9-19(15)28-20(24)26-21)14-7-12(3-5-16(14)22)8-18(27)17-6-4-13(10-23)11-25-17/h1,3-7,11,15,19H,8-9H2,(H2,24,26)/t15-,19+,21+/m0/s1. The number of benzene rings is 1. The van der Waals surface area contributed by atoms with Crippen LogP contribution in [0.25, 0.3) is 0 Å². The summed E-state index contributed by atoms with van der Waals surface area (Å²) in [5, 5.41) is 8.82. The van der Waals surface area contributed by atoms with Crippen molar-refractivity contribution in [1.82, 2.24) is 4.98 Å². The lowest BCUT2D eigenvalue weighted by Crippen LogP contribution is -2.37. The van der Waals surface area contributed by atoms with Crippen molar-refractivity contribution in [2.75, 3.05) is 0 Å². The first kappa shape index (κ1) is 17.7. The molecule has 6 nitrogen and oxygen atoms in total. The highest BCUT2D eigenvalue weighted by molar-refractivity contribution is 5.95. The molecular weight excluding hydrogens is 359 g/mol. The van der Waals surface area contributed by atoms with Gasteiger partial charge in [-0.05, 0) is 36.2 Å². The highest BCUT2D eigenvalue weighted by atomic mass is 19.1. The van der Waals surface area contributed by atoms with E-state index in [0.29, 0.717) is 17.5 Å². The van der Waals surface area contributed by atoms with Crippen LogP contribution in [0, 0.1) is 35.4 Å². The fourth-order valence-corrected chi connectivity index (χ4v) is 3.53. The van der Waals surface area contributed by atoms with Gasteiger partial charge in [-0.25, -0.2) is 9.38 Å². The number of Topliss-reactive ketones (excluding diaryl/α,β-unsaturated/α-hetero) is 1. The van der Waals surface area contributed by atoms with Crippen LogP contribution in [0.3, 0.4) is 0 Å². The molecule has 3 atom stereocenters. The summed E-state index contributed by atoms with van der Waals surface area (Å²) in [6.45, 7) is 0. The second-order valence-corrected chi connectivity index (χ2v) is 6.82. The average molecular weight is 374 g/mol. The number of aliphatic imine (C=N–C) groups is 1. The molecule has 7 heteroatoms. The molecule has 1 fully saturated rings. The number of hydrogen-bond acceptors (Lipinski definition) is 6. The highest BCUT2D eigenvalue weighted by Crippen LogP contribution is 2.53. The molecule has 0 saturated heterocycles. The number of pyridine rings is 1. The minimum absolute atomic E-state index is 0.0105. The first-order valence-electron chi connectivity index (χ1n) is 8.65. The lowest BCUT2D eigenvalue weighted by molar-refractivity contribution is 0.0988. The van der Waals surface area contributed by atoms with Gasteiger partial charge >= 0.3 is 0 Å². The number of terminal acetylenes is 1. The van der Waals surface area contributed by atoms with Gasteiger partial charge in [-0.15, -0.1) is 6.42 Å². The first-order valence-corrected chi connectivity index (χ1v) is 8.65. The number of nitriles is 1. The zero-order valence-electron chi connectivity index (χ0n) is 14.7. The number of carbonyl (C=O) groups is 1. The Morgan fingerprint density at radius 1 is 1.43 bits per heavy atom. The van der Waals surface area contributed by atoms with Crippen molar-refractivity contribution >= 4 is 11.8 Å². The van der Waals surface area contributed by atoms with Crippen LogP contribution >= 0.6 is 0 Å². The van der Waals surface area contributed by atoms with Crippen molar-refractivity contribution in [3.8, 4) is 18.4 Å². The highest BCUT2D eigenvalue weighted by Gasteiger charge is 2.59. The number of fused-ring (bicyclic) bond motifs is 1. The van der Waals surface area contributed by atoms with E-state index in [9.17, 15) is 9.18 Å². The molecule has 1 aromatic carbocycles. The quantitative estimate of drug-likeness (QED) is 0.652. The molecule has 0 spiro atoms. The van der Waals surface area contributed by atoms with Crippen LogP contribution in [0.1, 0.15) is 33.6 Å². The molecule has 0 radical (unpaired) electrons. The number of nitrogens with two attached hydrogens (primary N) is 1. The number of rotatable bonds is 4. The van der Waals surface area contributed by atoms with Gasteiger partial charge in [0, 0.05) is 24.1 Å². The molecule has 1 saturated carbocycles. The smallest absolute Gasteiger partial charge is 0.284 e. The number of ketones is 1. The SMILES string of the molecule is C#C[C@]1(c2cc(CC(=O)c3ccc(C#N)cn3)ccc2F)N=C(N)O[C@@H]2C[C@@H]21. The van der Waals surface area contributed by atoms with E-state index in [0.717, 1.165) is 0 Å². The maximum atomic E-state index is 14.7. The largest absolute Gasteiger partial charge is 0.462 e. The van der Waals surface area contributed by atoms with Crippen LogP contribution in [0.4, 0.5) is 4.39 Å².